The number of hydrogen-bond acceptors (Lipinski definition) is 2. The standard InChI is InChI=1S/C17H17FN2O/c1-11-4-5-13(18)10-15(11)17(21)20-14-6-7-16-12(9-14)3-2-8-19-16/h4-7,9-10,19H,2-3,8H2,1H3,(H,20,21). The topological polar surface area (TPSA) is 41.1 Å². The zero-order valence-electron chi connectivity index (χ0n) is 11.9. The molecule has 3 nitrogen and oxygen atoms in total. The lowest BCUT2D eigenvalue weighted by Crippen LogP contribution is -2.15. The number of hydrogen-bond donors (Lipinski definition) is 2. The van der Waals surface area contributed by atoms with E-state index in [-0.39, 0.29) is 5.91 Å². The maximum Gasteiger partial charge on any atom is 0.256 e. The highest BCUT2D eigenvalue weighted by atomic mass is 19.1. The van der Waals surface area contributed by atoms with E-state index >= 15 is 0 Å². The van der Waals surface area contributed by atoms with Crippen LogP contribution in [-0.4, -0.2) is 12.5 Å². The van der Waals surface area contributed by atoms with Crippen molar-refractivity contribution in [3.05, 3.63) is 58.9 Å². The number of fused-ring (bicyclic) bond motifs is 1. The van der Waals surface area contributed by atoms with Gasteiger partial charge in [-0.2, -0.15) is 0 Å². The van der Waals surface area contributed by atoms with Gasteiger partial charge in [-0.3, -0.25) is 4.79 Å². The normalized spacial score (nSPS) is 13.2. The highest BCUT2D eigenvalue weighted by molar-refractivity contribution is 6.05. The maximum absolute atomic E-state index is 13.3. The van der Waals surface area contributed by atoms with E-state index in [4.69, 9.17) is 0 Å². The Bertz CT molecular complexity index is 697. The summed E-state index contributed by atoms with van der Waals surface area (Å²) in [5, 5.41) is 6.17. The van der Waals surface area contributed by atoms with Crippen molar-refractivity contribution in [1.82, 2.24) is 0 Å². The molecule has 1 amide bonds. The number of halogens is 1. The fourth-order valence-electron chi connectivity index (χ4n) is 2.59. The first-order valence-corrected chi connectivity index (χ1v) is 7.08. The van der Waals surface area contributed by atoms with E-state index in [0.29, 0.717) is 5.56 Å². The van der Waals surface area contributed by atoms with E-state index < -0.39 is 5.82 Å². The van der Waals surface area contributed by atoms with Gasteiger partial charge in [-0.05, 0) is 61.2 Å². The summed E-state index contributed by atoms with van der Waals surface area (Å²) >= 11 is 0. The van der Waals surface area contributed by atoms with Crippen LogP contribution in [0.25, 0.3) is 0 Å². The van der Waals surface area contributed by atoms with Crippen LogP contribution in [0.4, 0.5) is 15.8 Å². The van der Waals surface area contributed by atoms with Crippen LogP contribution in [-0.2, 0) is 6.42 Å². The summed E-state index contributed by atoms with van der Waals surface area (Å²) in [5.74, 6) is -0.684. The predicted octanol–water partition coefficient (Wildman–Crippen LogP) is 3.74. The third-order valence-corrected chi connectivity index (χ3v) is 3.75. The van der Waals surface area contributed by atoms with Gasteiger partial charge in [0, 0.05) is 23.5 Å². The number of aryl methyl sites for hydroxylation is 2. The fraction of sp³-hybridized carbons (Fsp3) is 0.235. The van der Waals surface area contributed by atoms with Crippen molar-refractivity contribution in [3.63, 3.8) is 0 Å². The van der Waals surface area contributed by atoms with E-state index in [0.717, 1.165) is 36.3 Å². The number of carbonyl (C=O) groups excluding carboxylic acids is 1. The Balaban J connectivity index is 1.83. The fourth-order valence-corrected chi connectivity index (χ4v) is 2.59. The van der Waals surface area contributed by atoms with E-state index in [9.17, 15) is 9.18 Å². The van der Waals surface area contributed by atoms with Gasteiger partial charge < -0.3 is 10.6 Å². The average Bonchev–Trinajstić information content (AvgIpc) is 2.49. The summed E-state index contributed by atoms with van der Waals surface area (Å²) in [6, 6.07) is 10.1. The Kier molecular flexibility index (Phi) is 3.60. The van der Waals surface area contributed by atoms with E-state index in [1.165, 1.54) is 17.7 Å². The minimum atomic E-state index is -0.402. The first kappa shape index (κ1) is 13.6. The van der Waals surface area contributed by atoms with Crippen LogP contribution in [0.2, 0.25) is 0 Å². The van der Waals surface area contributed by atoms with Gasteiger partial charge in [0.1, 0.15) is 5.82 Å². The van der Waals surface area contributed by atoms with Crippen molar-refractivity contribution < 1.29 is 9.18 Å². The van der Waals surface area contributed by atoms with Gasteiger partial charge in [-0.1, -0.05) is 6.07 Å². The minimum absolute atomic E-state index is 0.282. The van der Waals surface area contributed by atoms with Gasteiger partial charge in [-0.25, -0.2) is 4.39 Å². The quantitative estimate of drug-likeness (QED) is 0.882. The van der Waals surface area contributed by atoms with Gasteiger partial charge in [-0.15, -0.1) is 0 Å². The Morgan fingerprint density at radius 3 is 2.95 bits per heavy atom. The summed E-state index contributed by atoms with van der Waals surface area (Å²) < 4.78 is 13.3. The molecule has 0 radical (unpaired) electrons. The molecule has 0 unspecified atom stereocenters. The second-order valence-corrected chi connectivity index (χ2v) is 5.32. The van der Waals surface area contributed by atoms with Crippen LogP contribution < -0.4 is 10.6 Å². The molecule has 0 aliphatic carbocycles. The highest BCUT2D eigenvalue weighted by Gasteiger charge is 2.13. The average molecular weight is 284 g/mol. The molecule has 0 aromatic heterocycles. The van der Waals surface area contributed by atoms with Crippen molar-refractivity contribution in [2.45, 2.75) is 19.8 Å². The smallest absolute Gasteiger partial charge is 0.256 e. The molecule has 1 heterocycles. The van der Waals surface area contributed by atoms with Gasteiger partial charge in [0.05, 0.1) is 0 Å². The minimum Gasteiger partial charge on any atom is -0.385 e. The van der Waals surface area contributed by atoms with Crippen molar-refractivity contribution in [2.24, 2.45) is 0 Å². The van der Waals surface area contributed by atoms with Crippen molar-refractivity contribution in [2.75, 3.05) is 17.2 Å². The first-order chi connectivity index (χ1) is 10.1. The summed E-state index contributed by atoms with van der Waals surface area (Å²) in [6.45, 7) is 2.78. The zero-order valence-corrected chi connectivity index (χ0v) is 11.9. The Hall–Kier alpha value is -2.36. The zero-order chi connectivity index (χ0) is 14.8. The van der Waals surface area contributed by atoms with Gasteiger partial charge in [0.15, 0.2) is 0 Å². The number of amides is 1. The molecule has 1 aliphatic rings. The van der Waals surface area contributed by atoms with Crippen LogP contribution in [0, 0.1) is 12.7 Å². The van der Waals surface area contributed by atoms with Crippen molar-refractivity contribution in [3.8, 4) is 0 Å². The molecule has 3 rings (SSSR count). The van der Waals surface area contributed by atoms with E-state index in [1.807, 2.05) is 18.2 Å². The van der Waals surface area contributed by atoms with Crippen LogP contribution in [0.5, 0.6) is 0 Å². The molecule has 4 heteroatoms. The van der Waals surface area contributed by atoms with E-state index in [1.54, 1.807) is 13.0 Å². The third kappa shape index (κ3) is 2.89. The van der Waals surface area contributed by atoms with Crippen LogP contribution in [0.3, 0.4) is 0 Å². The summed E-state index contributed by atoms with van der Waals surface area (Å²) in [4.78, 5) is 12.3. The highest BCUT2D eigenvalue weighted by Crippen LogP contribution is 2.25. The van der Waals surface area contributed by atoms with E-state index in [2.05, 4.69) is 10.6 Å². The molecule has 0 spiro atoms. The van der Waals surface area contributed by atoms with Gasteiger partial charge >= 0.3 is 0 Å². The molecule has 0 saturated carbocycles. The molecule has 0 fully saturated rings. The van der Waals surface area contributed by atoms with Crippen LogP contribution in [0.15, 0.2) is 36.4 Å². The predicted molar refractivity (Wildman–Crippen MR) is 82.3 cm³/mol. The lowest BCUT2D eigenvalue weighted by Gasteiger charge is -2.19. The summed E-state index contributed by atoms with van der Waals surface area (Å²) in [6.07, 6.45) is 2.10. The Morgan fingerprint density at radius 2 is 2.10 bits per heavy atom. The first-order valence-electron chi connectivity index (χ1n) is 7.08. The Labute approximate surface area is 123 Å². The van der Waals surface area contributed by atoms with Crippen molar-refractivity contribution >= 4 is 17.3 Å². The van der Waals surface area contributed by atoms with Gasteiger partial charge in [0.25, 0.3) is 5.91 Å². The molecule has 21 heavy (non-hydrogen) atoms. The molecule has 2 aromatic rings. The lowest BCUT2D eigenvalue weighted by atomic mass is 10.0. The monoisotopic (exact) mass is 284 g/mol. The molecular formula is C17H17FN2O. The van der Waals surface area contributed by atoms with Crippen LogP contribution in [0.1, 0.15) is 27.9 Å². The number of anilines is 2. The van der Waals surface area contributed by atoms with Crippen LogP contribution >= 0.6 is 0 Å². The summed E-state index contributed by atoms with van der Waals surface area (Å²) in [7, 11) is 0. The largest absolute Gasteiger partial charge is 0.385 e. The molecule has 108 valence electrons. The summed E-state index contributed by atoms with van der Waals surface area (Å²) in [5.41, 5.74) is 4.20. The second kappa shape index (κ2) is 5.56. The number of rotatable bonds is 2. The molecule has 0 bridgehead atoms. The second-order valence-electron chi connectivity index (χ2n) is 5.32. The Morgan fingerprint density at radius 1 is 1.24 bits per heavy atom. The molecule has 0 saturated heterocycles. The molecule has 2 N–H and O–H groups in total. The third-order valence-electron chi connectivity index (χ3n) is 3.75. The number of benzene rings is 2. The molecular weight excluding hydrogens is 267 g/mol. The number of nitrogens with one attached hydrogen (secondary N) is 2. The maximum atomic E-state index is 13.3. The molecule has 0 atom stereocenters. The van der Waals surface area contributed by atoms with Gasteiger partial charge in [0.2, 0.25) is 0 Å². The SMILES string of the molecule is Cc1ccc(F)cc1C(=O)Nc1ccc2c(c1)CCCN2. The molecule has 1 aliphatic heterocycles. The van der Waals surface area contributed by atoms with Crippen molar-refractivity contribution in [1.29, 1.82) is 0 Å². The number of carbonyl (C=O) groups is 1. The molecule has 2 aromatic carbocycles. The lowest BCUT2D eigenvalue weighted by molar-refractivity contribution is 0.102.